The molecular formula is C17H13N5O. The number of nitrogens with one attached hydrogen (secondary N) is 3. The first-order valence-electron chi connectivity index (χ1n) is 7.14. The predicted octanol–water partition coefficient (Wildman–Crippen LogP) is 2.71. The summed E-state index contributed by atoms with van der Waals surface area (Å²) < 4.78 is 1.34. The number of rotatable bonds is 3. The third-order valence-corrected chi connectivity index (χ3v) is 3.72. The summed E-state index contributed by atoms with van der Waals surface area (Å²) in [5.41, 5.74) is 3.07. The van der Waals surface area contributed by atoms with Gasteiger partial charge in [-0.2, -0.15) is 4.68 Å². The number of para-hydroxylation sites is 2. The first kappa shape index (κ1) is 13.3. The minimum atomic E-state index is -0.307. The molecule has 3 N–H and O–H groups in total. The highest BCUT2D eigenvalue weighted by molar-refractivity contribution is 5.87. The number of benzene rings is 2. The van der Waals surface area contributed by atoms with Crippen LogP contribution in [0.4, 0.5) is 0 Å². The lowest BCUT2D eigenvalue weighted by atomic mass is 10.1. The Kier molecular flexibility index (Phi) is 2.94. The third-order valence-electron chi connectivity index (χ3n) is 3.72. The fourth-order valence-corrected chi connectivity index (χ4v) is 2.60. The van der Waals surface area contributed by atoms with Gasteiger partial charge in [-0.05, 0) is 12.1 Å². The third kappa shape index (κ3) is 2.08. The van der Waals surface area contributed by atoms with Gasteiger partial charge in [-0.1, -0.05) is 42.5 Å². The van der Waals surface area contributed by atoms with E-state index < -0.39 is 0 Å². The summed E-state index contributed by atoms with van der Waals surface area (Å²) in [5, 5.41) is 10.6. The number of H-pyrrole nitrogens is 2. The molecule has 0 atom stereocenters. The molecular weight excluding hydrogens is 290 g/mol. The molecule has 2 aromatic heterocycles. The summed E-state index contributed by atoms with van der Waals surface area (Å²) >= 11 is 0. The van der Waals surface area contributed by atoms with Crippen molar-refractivity contribution >= 4 is 17.2 Å². The Morgan fingerprint density at radius 3 is 2.52 bits per heavy atom. The lowest BCUT2D eigenvalue weighted by Crippen LogP contribution is -2.18. The van der Waals surface area contributed by atoms with E-state index in [-0.39, 0.29) is 5.56 Å². The predicted molar refractivity (Wildman–Crippen MR) is 89.4 cm³/mol. The summed E-state index contributed by atoms with van der Waals surface area (Å²) in [7, 11) is 0. The van der Waals surface area contributed by atoms with E-state index in [0.717, 1.165) is 22.8 Å². The molecule has 2 heterocycles. The lowest BCUT2D eigenvalue weighted by Gasteiger charge is -1.98. The highest BCUT2D eigenvalue weighted by Gasteiger charge is 2.16. The summed E-state index contributed by atoms with van der Waals surface area (Å²) in [6.45, 7) is 0. The molecule has 0 saturated carbocycles. The summed E-state index contributed by atoms with van der Waals surface area (Å²) in [6.07, 6.45) is 1.07. The van der Waals surface area contributed by atoms with Crippen LogP contribution >= 0.6 is 0 Å². The SMILES string of the molecule is N=Cc1c(-c2ccccc2)[nH]n(-c2nc3ccccc3[nH]2)c1=O. The normalized spacial score (nSPS) is 11.0. The van der Waals surface area contributed by atoms with Crippen molar-refractivity contribution < 1.29 is 0 Å². The monoisotopic (exact) mass is 303 g/mol. The van der Waals surface area contributed by atoms with Crippen molar-refractivity contribution in [1.82, 2.24) is 19.7 Å². The van der Waals surface area contributed by atoms with E-state index in [1.807, 2.05) is 54.6 Å². The molecule has 23 heavy (non-hydrogen) atoms. The minimum Gasteiger partial charge on any atom is -0.322 e. The summed E-state index contributed by atoms with van der Waals surface area (Å²) in [6, 6.07) is 17.0. The molecule has 0 saturated heterocycles. The Balaban J connectivity index is 1.95. The van der Waals surface area contributed by atoms with Gasteiger partial charge in [0, 0.05) is 11.8 Å². The van der Waals surface area contributed by atoms with Gasteiger partial charge in [0.25, 0.3) is 5.56 Å². The van der Waals surface area contributed by atoms with Crippen LogP contribution in [0.5, 0.6) is 0 Å². The van der Waals surface area contributed by atoms with Gasteiger partial charge in [-0.25, -0.2) is 4.98 Å². The first-order chi connectivity index (χ1) is 11.3. The molecule has 0 aliphatic rings. The molecule has 0 aliphatic carbocycles. The maximum Gasteiger partial charge on any atom is 0.283 e. The number of hydrogen-bond donors (Lipinski definition) is 3. The standard InChI is InChI=1S/C17H13N5O/c18-10-12-15(11-6-2-1-3-7-11)21-22(16(12)23)17-19-13-8-4-5-9-14(13)20-17/h1-10,18,21H,(H,19,20). The Labute approximate surface area is 130 Å². The van der Waals surface area contributed by atoms with Gasteiger partial charge >= 0.3 is 0 Å². The summed E-state index contributed by atoms with van der Waals surface area (Å²) in [4.78, 5) is 20.1. The zero-order valence-corrected chi connectivity index (χ0v) is 12.1. The number of aromatic amines is 2. The Bertz CT molecular complexity index is 1020. The van der Waals surface area contributed by atoms with Crippen LogP contribution in [-0.4, -0.2) is 26.0 Å². The van der Waals surface area contributed by atoms with Crippen molar-refractivity contribution in [2.45, 2.75) is 0 Å². The van der Waals surface area contributed by atoms with Gasteiger partial charge in [-0.15, -0.1) is 0 Å². The van der Waals surface area contributed by atoms with Gasteiger partial charge in [0.15, 0.2) is 0 Å². The van der Waals surface area contributed by atoms with Crippen molar-refractivity contribution in [3.05, 3.63) is 70.5 Å². The molecule has 6 nitrogen and oxygen atoms in total. The molecule has 4 aromatic rings. The van der Waals surface area contributed by atoms with Crippen molar-refractivity contribution in [3.63, 3.8) is 0 Å². The zero-order valence-electron chi connectivity index (χ0n) is 12.1. The molecule has 0 unspecified atom stereocenters. The van der Waals surface area contributed by atoms with Gasteiger partial charge < -0.3 is 10.4 Å². The van der Waals surface area contributed by atoms with Crippen LogP contribution in [0, 0.1) is 5.41 Å². The number of nitrogens with zero attached hydrogens (tertiary/aromatic N) is 2. The Hall–Kier alpha value is -3.41. The fraction of sp³-hybridized carbons (Fsp3) is 0. The van der Waals surface area contributed by atoms with E-state index in [1.54, 1.807) is 0 Å². The number of hydrogen-bond acceptors (Lipinski definition) is 3. The smallest absolute Gasteiger partial charge is 0.283 e. The van der Waals surface area contributed by atoms with Crippen LogP contribution in [-0.2, 0) is 0 Å². The van der Waals surface area contributed by atoms with Crippen molar-refractivity contribution in [3.8, 4) is 17.2 Å². The average molecular weight is 303 g/mol. The van der Waals surface area contributed by atoms with E-state index in [9.17, 15) is 4.79 Å². The highest BCUT2D eigenvalue weighted by atomic mass is 16.1. The molecule has 0 fully saturated rings. The van der Waals surface area contributed by atoms with Gasteiger partial charge in [-0.3, -0.25) is 9.89 Å². The van der Waals surface area contributed by atoms with Crippen LogP contribution in [0.15, 0.2) is 59.4 Å². The molecule has 4 rings (SSSR count). The van der Waals surface area contributed by atoms with Gasteiger partial charge in [0.05, 0.1) is 22.3 Å². The van der Waals surface area contributed by atoms with Gasteiger partial charge in [0.2, 0.25) is 5.95 Å². The largest absolute Gasteiger partial charge is 0.322 e. The first-order valence-corrected chi connectivity index (χ1v) is 7.14. The molecule has 0 bridgehead atoms. The Morgan fingerprint density at radius 2 is 1.78 bits per heavy atom. The van der Waals surface area contributed by atoms with Gasteiger partial charge in [0.1, 0.15) is 0 Å². The van der Waals surface area contributed by atoms with E-state index >= 15 is 0 Å². The number of imidazole rings is 1. The topological polar surface area (TPSA) is 90.3 Å². The molecule has 6 heteroatoms. The second-order valence-electron chi connectivity index (χ2n) is 5.13. The molecule has 0 aliphatic heterocycles. The van der Waals surface area contributed by atoms with Crippen LogP contribution < -0.4 is 5.56 Å². The number of fused-ring (bicyclic) bond motifs is 1. The number of aromatic nitrogens is 4. The van der Waals surface area contributed by atoms with Crippen molar-refractivity contribution in [1.29, 1.82) is 5.41 Å². The van der Waals surface area contributed by atoms with Crippen LogP contribution in [0.3, 0.4) is 0 Å². The quantitative estimate of drug-likeness (QED) is 0.508. The second kappa shape index (κ2) is 5.10. The average Bonchev–Trinajstić information content (AvgIpc) is 3.16. The highest BCUT2D eigenvalue weighted by Crippen LogP contribution is 2.19. The minimum absolute atomic E-state index is 0.302. The molecule has 112 valence electrons. The Morgan fingerprint density at radius 1 is 1.04 bits per heavy atom. The maximum atomic E-state index is 12.6. The van der Waals surface area contributed by atoms with Crippen LogP contribution in [0.25, 0.3) is 28.2 Å². The van der Waals surface area contributed by atoms with Crippen molar-refractivity contribution in [2.75, 3.05) is 0 Å². The lowest BCUT2D eigenvalue weighted by molar-refractivity contribution is 0.804. The van der Waals surface area contributed by atoms with Crippen LogP contribution in [0.1, 0.15) is 5.56 Å². The van der Waals surface area contributed by atoms with Crippen LogP contribution in [0.2, 0.25) is 0 Å². The fourth-order valence-electron chi connectivity index (χ4n) is 2.60. The molecule has 0 radical (unpaired) electrons. The molecule has 2 aromatic carbocycles. The summed E-state index contributed by atoms with van der Waals surface area (Å²) in [5.74, 6) is 0.404. The van der Waals surface area contributed by atoms with E-state index in [4.69, 9.17) is 5.41 Å². The second-order valence-corrected chi connectivity index (χ2v) is 5.13. The maximum absolute atomic E-state index is 12.6. The zero-order chi connectivity index (χ0) is 15.8. The van der Waals surface area contributed by atoms with E-state index in [2.05, 4.69) is 15.1 Å². The van der Waals surface area contributed by atoms with Crippen molar-refractivity contribution in [2.24, 2.45) is 0 Å². The van der Waals surface area contributed by atoms with E-state index in [0.29, 0.717) is 17.2 Å². The molecule has 0 spiro atoms. The molecule has 0 amide bonds. The van der Waals surface area contributed by atoms with E-state index in [1.165, 1.54) is 4.68 Å².